The van der Waals surface area contributed by atoms with Gasteiger partial charge in [-0.05, 0) is 56.4 Å². The molecule has 2 fully saturated rings. The Morgan fingerprint density at radius 2 is 1.95 bits per heavy atom. The zero-order valence-electron chi connectivity index (χ0n) is 11.1. The number of aryl methyl sites for hydroxylation is 1. The van der Waals surface area contributed by atoms with E-state index < -0.39 is 0 Å². The van der Waals surface area contributed by atoms with Gasteiger partial charge < -0.3 is 10.6 Å². The molecule has 4 heteroatoms. The van der Waals surface area contributed by atoms with E-state index in [2.05, 4.69) is 4.90 Å². The van der Waals surface area contributed by atoms with Crippen molar-refractivity contribution < 1.29 is 4.79 Å². The third-order valence-corrected chi connectivity index (χ3v) is 4.83. The number of carbonyl (C=O) groups excluding carboxylic acids is 1. The smallest absolute Gasteiger partial charge is 0.254 e. The number of hydrogen-bond donors (Lipinski definition) is 1. The monoisotopic (exact) mass is 278 g/mol. The van der Waals surface area contributed by atoms with Gasteiger partial charge in [0.1, 0.15) is 0 Å². The number of benzene rings is 1. The van der Waals surface area contributed by atoms with Crippen molar-refractivity contribution in [1.82, 2.24) is 4.90 Å². The molecule has 0 aromatic heterocycles. The first-order chi connectivity index (χ1) is 9.06. The van der Waals surface area contributed by atoms with Crippen LogP contribution in [0.5, 0.6) is 0 Å². The summed E-state index contributed by atoms with van der Waals surface area (Å²) in [5.41, 5.74) is 7.74. The predicted octanol–water partition coefficient (Wildman–Crippen LogP) is 2.74. The topological polar surface area (TPSA) is 46.3 Å². The fourth-order valence-electron chi connectivity index (χ4n) is 3.48. The van der Waals surface area contributed by atoms with Gasteiger partial charge in [-0.3, -0.25) is 4.79 Å². The summed E-state index contributed by atoms with van der Waals surface area (Å²) in [4.78, 5) is 14.7. The Morgan fingerprint density at radius 3 is 2.53 bits per heavy atom. The van der Waals surface area contributed by atoms with Gasteiger partial charge in [0.15, 0.2) is 0 Å². The Kier molecular flexibility index (Phi) is 3.27. The SMILES string of the molecule is Cc1cc(C(=O)N2C3CCC2CC(N)C3)ccc1Cl. The van der Waals surface area contributed by atoms with Gasteiger partial charge in [-0.1, -0.05) is 11.6 Å². The molecule has 1 aromatic rings. The van der Waals surface area contributed by atoms with Crippen LogP contribution in [0.2, 0.25) is 5.02 Å². The quantitative estimate of drug-likeness (QED) is 0.859. The zero-order valence-corrected chi connectivity index (χ0v) is 11.9. The molecule has 0 saturated carbocycles. The number of nitrogens with two attached hydrogens (primary N) is 1. The van der Waals surface area contributed by atoms with E-state index in [0.717, 1.165) is 36.8 Å². The largest absolute Gasteiger partial charge is 0.333 e. The summed E-state index contributed by atoms with van der Waals surface area (Å²) >= 11 is 6.02. The molecule has 0 spiro atoms. The van der Waals surface area contributed by atoms with Crippen molar-refractivity contribution in [2.45, 2.75) is 50.7 Å². The van der Waals surface area contributed by atoms with E-state index in [1.54, 1.807) is 0 Å². The molecule has 0 aliphatic carbocycles. The highest BCUT2D eigenvalue weighted by atomic mass is 35.5. The Hall–Kier alpha value is -1.06. The fraction of sp³-hybridized carbons (Fsp3) is 0.533. The van der Waals surface area contributed by atoms with E-state index >= 15 is 0 Å². The van der Waals surface area contributed by atoms with Crippen LogP contribution in [0.1, 0.15) is 41.6 Å². The molecule has 2 bridgehead atoms. The normalized spacial score (nSPS) is 29.6. The van der Waals surface area contributed by atoms with Gasteiger partial charge in [0.05, 0.1) is 0 Å². The molecule has 2 N–H and O–H groups in total. The maximum Gasteiger partial charge on any atom is 0.254 e. The second kappa shape index (κ2) is 4.80. The van der Waals surface area contributed by atoms with Gasteiger partial charge in [-0.25, -0.2) is 0 Å². The van der Waals surface area contributed by atoms with E-state index in [0.29, 0.717) is 17.1 Å². The predicted molar refractivity (Wildman–Crippen MR) is 76.4 cm³/mol. The van der Waals surface area contributed by atoms with Crippen molar-refractivity contribution in [3.05, 3.63) is 34.3 Å². The summed E-state index contributed by atoms with van der Waals surface area (Å²) in [6, 6.07) is 6.44. The highest BCUT2D eigenvalue weighted by molar-refractivity contribution is 6.31. The summed E-state index contributed by atoms with van der Waals surface area (Å²) in [6.45, 7) is 1.93. The Labute approximate surface area is 118 Å². The molecular formula is C15H19ClN2O. The van der Waals surface area contributed by atoms with Crippen molar-refractivity contribution in [3.63, 3.8) is 0 Å². The first-order valence-corrected chi connectivity index (χ1v) is 7.28. The van der Waals surface area contributed by atoms with Crippen LogP contribution in [0.3, 0.4) is 0 Å². The summed E-state index contributed by atoms with van der Waals surface area (Å²) in [5, 5.41) is 0.709. The lowest BCUT2D eigenvalue weighted by Gasteiger charge is -2.37. The van der Waals surface area contributed by atoms with Crippen LogP contribution >= 0.6 is 11.6 Å². The standard InChI is InChI=1S/C15H19ClN2O/c1-9-6-10(2-5-14(9)16)15(19)18-12-3-4-13(18)8-11(17)7-12/h2,5-6,11-13H,3-4,7-8,17H2,1H3. The average molecular weight is 279 g/mol. The van der Waals surface area contributed by atoms with Crippen molar-refractivity contribution in [3.8, 4) is 0 Å². The summed E-state index contributed by atoms with van der Waals surface area (Å²) in [7, 11) is 0. The molecule has 2 aliphatic heterocycles. The second-order valence-corrected chi connectivity index (χ2v) is 6.20. The van der Waals surface area contributed by atoms with Crippen LogP contribution in [0, 0.1) is 6.92 Å². The van der Waals surface area contributed by atoms with Crippen molar-refractivity contribution in [2.24, 2.45) is 5.73 Å². The maximum absolute atomic E-state index is 12.7. The van der Waals surface area contributed by atoms with E-state index in [4.69, 9.17) is 17.3 Å². The second-order valence-electron chi connectivity index (χ2n) is 5.79. The molecule has 2 aliphatic rings. The van der Waals surface area contributed by atoms with E-state index in [1.165, 1.54) is 0 Å². The molecule has 2 saturated heterocycles. The molecule has 102 valence electrons. The van der Waals surface area contributed by atoms with E-state index in [9.17, 15) is 4.79 Å². The van der Waals surface area contributed by atoms with Crippen molar-refractivity contribution in [1.29, 1.82) is 0 Å². The number of fused-ring (bicyclic) bond motifs is 2. The molecule has 3 rings (SSSR count). The molecule has 3 nitrogen and oxygen atoms in total. The van der Waals surface area contributed by atoms with E-state index in [1.807, 2.05) is 25.1 Å². The van der Waals surface area contributed by atoms with Crippen LogP contribution in [-0.4, -0.2) is 28.9 Å². The van der Waals surface area contributed by atoms with Crippen LogP contribution in [0.25, 0.3) is 0 Å². The van der Waals surface area contributed by atoms with Gasteiger partial charge in [0.25, 0.3) is 5.91 Å². The number of nitrogens with zero attached hydrogens (tertiary/aromatic N) is 1. The third-order valence-electron chi connectivity index (χ3n) is 4.41. The summed E-state index contributed by atoms with van der Waals surface area (Å²) in [6.07, 6.45) is 4.07. The highest BCUT2D eigenvalue weighted by Crippen LogP contribution is 2.36. The van der Waals surface area contributed by atoms with Gasteiger partial charge in [0, 0.05) is 28.7 Å². The van der Waals surface area contributed by atoms with Crippen LogP contribution in [-0.2, 0) is 0 Å². The summed E-state index contributed by atoms with van der Waals surface area (Å²) in [5.74, 6) is 0.138. The van der Waals surface area contributed by atoms with Crippen molar-refractivity contribution in [2.75, 3.05) is 0 Å². The number of hydrogen-bond acceptors (Lipinski definition) is 2. The van der Waals surface area contributed by atoms with Gasteiger partial charge in [-0.2, -0.15) is 0 Å². The molecule has 1 aromatic carbocycles. The van der Waals surface area contributed by atoms with Gasteiger partial charge in [-0.15, -0.1) is 0 Å². The van der Waals surface area contributed by atoms with Crippen LogP contribution in [0.4, 0.5) is 0 Å². The Morgan fingerprint density at radius 1 is 1.32 bits per heavy atom. The van der Waals surface area contributed by atoms with E-state index in [-0.39, 0.29) is 11.9 Å². The van der Waals surface area contributed by atoms with Crippen LogP contribution < -0.4 is 5.73 Å². The lowest BCUT2D eigenvalue weighted by molar-refractivity contribution is 0.0575. The van der Waals surface area contributed by atoms with Crippen molar-refractivity contribution >= 4 is 17.5 Å². The minimum absolute atomic E-state index is 0.138. The first kappa shape index (κ1) is 12.9. The van der Waals surface area contributed by atoms with Gasteiger partial charge in [0.2, 0.25) is 0 Å². The zero-order chi connectivity index (χ0) is 13.6. The Balaban J connectivity index is 1.86. The molecule has 19 heavy (non-hydrogen) atoms. The number of piperidine rings is 1. The lowest BCUT2D eigenvalue weighted by atomic mass is 9.97. The minimum atomic E-state index is 0.138. The third kappa shape index (κ3) is 2.26. The highest BCUT2D eigenvalue weighted by Gasteiger charge is 2.42. The van der Waals surface area contributed by atoms with Crippen LogP contribution in [0.15, 0.2) is 18.2 Å². The van der Waals surface area contributed by atoms with Gasteiger partial charge >= 0.3 is 0 Å². The number of carbonyl (C=O) groups is 1. The molecule has 2 heterocycles. The number of amides is 1. The molecule has 0 radical (unpaired) electrons. The fourth-order valence-corrected chi connectivity index (χ4v) is 3.60. The molecule has 2 unspecified atom stereocenters. The first-order valence-electron chi connectivity index (χ1n) is 6.90. The molecule has 1 amide bonds. The molecular weight excluding hydrogens is 260 g/mol. The summed E-state index contributed by atoms with van der Waals surface area (Å²) < 4.78 is 0. The Bertz CT molecular complexity index is 503. The number of rotatable bonds is 1. The lowest BCUT2D eigenvalue weighted by Crippen LogP contribution is -2.50. The minimum Gasteiger partial charge on any atom is -0.333 e. The average Bonchev–Trinajstić information content (AvgIpc) is 2.64. The number of halogens is 1. The molecule has 2 atom stereocenters. The maximum atomic E-state index is 12.7.